The van der Waals surface area contributed by atoms with Crippen LogP contribution in [0, 0.1) is 6.92 Å². The molecular formula is C20H21Cl3N2O. The summed E-state index contributed by atoms with van der Waals surface area (Å²) < 4.78 is 0. The second-order valence-corrected chi connectivity index (χ2v) is 7.75. The van der Waals surface area contributed by atoms with Gasteiger partial charge in [0.05, 0.1) is 0 Å². The van der Waals surface area contributed by atoms with Crippen molar-refractivity contribution in [3.05, 3.63) is 62.6 Å². The van der Waals surface area contributed by atoms with Crippen LogP contribution >= 0.6 is 34.8 Å². The highest BCUT2D eigenvalue weighted by Crippen LogP contribution is 2.27. The molecule has 0 spiro atoms. The molecule has 6 heteroatoms. The lowest BCUT2D eigenvalue weighted by molar-refractivity contribution is -0.131. The maximum atomic E-state index is 12.6. The highest BCUT2D eigenvalue weighted by atomic mass is 35.5. The lowest BCUT2D eigenvalue weighted by atomic mass is 10.1. The Labute approximate surface area is 169 Å². The average Bonchev–Trinajstić information content (AvgIpc) is 2.63. The fourth-order valence-corrected chi connectivity index (χ4v) is 4.03. The van der Waals surface area contributed by atoms with E-state index in [4.69, 9.17) is 34.8 Å². The van der Waals surface area contributed by atoms with E-state index >= 15 is 0 Å². The van der Waals surface area contributed by atoms with E-state index in [1.54, 1.807) is 12.1 Å². The Balaban J connectivity index is 1.56. The normalized spacial score (nSPS) is 14.6. The van der Waals surface area contributed by atoms with Gasteiger partial charge in [0.1, 0.15) is 0 Å². The van der Waals surface area contributed by atoms with Crippen molar-refractivity contribution in [2.75, 3.05) is 31.1 Å². The van der Waals surface area contributed by atoms with Crippen molar-refractivity contribution < 1.29 is 4.79 Å². The van der Waals surface area contributed by atoms with Crippen molar-refractivity contribution in [3.63, 3.8) is 0 Å². The number of halogens is 3. The van der Waals surface area contributed by atoms with E-state index in [0.29, 0.717) is 36.0 Å². The molecule has 1 aliphatic rings. The minimum Gasteiger partial charge on any atom is -0.368 e. The SMILES string of the molecule is Cc1ccc(Cl)cc1N1CCN(C(=O)CCc2c(Cl)cccc2Cl)CC1. The highest BCUT2D eigenvalue weighted by Gasteiger charge is 2.22. The first-order chi connectivity index (χ1) is 12.5. The maximum Gasteiger partial charge on any atom is 0.223 e. The number of amides is 1. The number of carbonyl (C=O) groups is 1. The molecule has 1 amide bonds. The predicted molar refractivity (Wildman–Crippen MR) is 110 cm³/mol. The van der Waals surface area contributed by atoms with Crippen LogP contribution in [0.4, 0.5) is 5.69 Å². The third kappa shape index (κ3) is 4.46. The number of carbonyl (C=O) groups excluding carboxylic acids is 1. The van der Waals surface area contributed by atoms with Crippen molar-refractivity contribution in [3.8, 4) is 0 Å². The Hall–Kier alpha value is -1.42. The minimum atomic E-state index is 0.142. The van der Waals surface area contributed by atoms with Crippen molar-refractivity contribution in [1.82, 2.24) is 4.90 Å². The summed E-state index contributed by atoms with van der Waals surface area (Å²) >= 11 is 18.5. The lowest BCUT2D eigenvalue weighted by Gasteiger charge is -2.37. The van der Waals surface area contributed by atoms with Crippen LogP contribution in [0.25, 0.3) is 0 Å². The Morgan fingerprint density at radius 3 is 2.31 bits per heavy atom. The number of piperazine rings is 1. The van der Waals surface area contributed by atoms with Crippen LogP contribution in [0.5, 0.6) is 0 Å². The molecule has 1 fully saturated rings. The van der Waals surface area contributed by atoms with Gasteiger partial charge in [-0.25, -0.2) is 0 Å². The summed E-state index contributed by atoms with van der Waals surface area (Å²) in [5, 5.41) is 1.97. The smallest absolute Gasteiger partial charge is 0.223 e. The van der Waals surface area contributed by atoms with Crippen molar-refractivity contribution in [2.24, 2.45) is 0 Å². The number of aryl methyl sites for hydroxylation is 1. The van der Waals surface area contributed by atoms with Crippen LogP contribution in [0.2, 0.25) is 15.1 Å². The topological polar surface area (TPSA) is 23.6 Å². The van der Waals surface area contributed by atoms with Gasteiger partial charge in [0.2, 0.25) is 5.91 Å². The molecule has 0 radical (unpaired) electrons. The molecule has 0 bridgehead atoms. The van der Waals surface area contributed by atoms with Crippen molar-refractivity contribution in [2.45, 2.75) is 19.8 Å². The fourth-order valence-electron chi connectivity index (χ4n) is 3.28. The minimum absolute atomic E-state index is 0.142. The maximum absolute atomic E-state index is 12.6. The van der Waals surface area contributed by atoms with Gasteiger partial charge in [0, 0.05) is 53.4 Å². The summed E-state index contributed by atoms with van der Waals surface area (Å²) in [6, 6.07) is 11.3. The number of hydrogen-bond acceptors (Lipinski definition) is 2. The van der Waals surface area contributed by atoms with Gasteiger partial charge >= 0.3 is 0 Å². The zero-order chi connectivity index (χ0) is 18.7. The van der Waals surface area contributed by atoms with Crippen LogP contribution in [-0.2, 0) is 11.2 Å². The van der Waals surface area contributed by atoms with Crippen molar-refractivity contribution >= 4 is 46.4 Å². The third-order valence-corrected chi connectivity index (χ3v) is 5.74. The van der Waals surface area contributed by atoms with Gasteiger partial charge in [0.25, 0.3) is 0 Å². The van der Waals surface area contributed by atoms with E-state index in [2.05, 4.69) is 11.8 Å². The molecule has 0 atom stereocenters. The van der Waals surface area contributed by atoms with E-state index in [1.165, 1.54) is 5.56 Å². The molecule has 3 nitrogen and oxygen atoms in total. The molecule has 138 valence electrons. The molecule has 0 saturated carbocycles. The molecule has 0 unspecified atom stereocenters. The van der Waals surface area contributed by atoms with Crippen LogP contribution in [0.3, 0.4) is 0 Å². The largest absolute Gasteiger partial charge is 0.368 e. The van der Waals surface area contributed by atoms with Crippen molar-refractivity contribution in [1.29, 1.82) is 0 Å². The molecule has 1 heterocycles. The van der Waals surface area contributed by atoms with Gasteiger partial charge in [0.15, 0.2) is 0 Å². The van der Waals surface area contributed by atoms with Gasteiger partial charge in [-0.2, -0.15) is 0 Å². The quantitative estimate of drug-likeness (QED) is 0.687. The number of benzene rings is 2. The second kappa shape index (κ2) is 8.51. The lowest BCUT2D eigenvalue weighted by Crippen LogP contribution is -2.49. The fraction of sp³-hybridized carbons (Fsp3) is 0.350. The first-order valence-electron chi connectivity index (χ1n) is 8.67. The Bertz CT molecular complexity index is 781. The van der Waals surface area contributed by atoms with Crippen LogP contribution in [-0.4, -0.2) is 37.0 Å². The zero-order valence-electron chi connectivity index (χ0n) is 14.6. The highest BCUT2D eigenvalue weighted by molar-refractivity contribution is 6.36. The van der Waals surface area contributed by atoms with Gasteiger partial charge in [-0.15, -0.1) is 0 Å². The summed E-state index contributed by atoms with van der Waals surface area (Å²) in [7, 11) is 0. The average molecular weight is 412 g/mol. The standard InChI is InChI=1S/C20H21Cl3N2O/c1-14-5-6-15(21)13-19(14)24-9-11-25(12-10-24)20(26)8-7-16-17(22)3-2-4-18(16)23/h2-6,13H,7-12H2,1H3. The molecule has 2 aromatic carbocycles. The molecule has 0 aliphatic carbocycles. The van der Waals surface area contributed by atoms with E-state index in [0.717, 1.165) is 29.4 Å². The Kier molecular flexibility index (Phi) is 6.33. The molecule has 3 rings (SSSR count). The monoisotopic (exact) mass is 410 g/mol. The number of anilines is 1. The van der Waals surface area contributed by atoms with Crippen LogP contribution < -0.4 is 4.90 Å². The van der Waals surface area contributed by atoms with Crippen LogP contribution in [0.15, 0.2) is 36.4 Å². The number of nitrogens with zero attached hydrogens (tertiary/aromatic N) is 2. The first kappa shape index (κ1) is 19.3. The second-order valence-electron chi connectivity index (χ2n) is 6.50. The van der Waals surface area contributed by atoms with E-state index in [-0.39, 0.29) is 5.91 Å². The number of hydrogen-bond donors (Lipinski definition) is 0. The molecule has 0 N–H and O–H groups in total. The molecular weight excluding hydrogens is 391 g/mol. The summed E-state index contributed by atoms with van der Waals surface area (Å²) in [6.07, 6.45) is 0.977. The molecule has 0 aromatic heterocycles. The molecule has 2 aromatic rings. The molecule has 26 heavy (non-hydrogen) atoms. The van der Waals surface area contributed by atoms with E-state index in [9.17, 15) is 4.79 Å². The Morgan fingerprint density at radius 1 is 1.00 bits per heavy atom. The summed E-state index contributed by atoms with van der Waals surface area (Å²) in [6.45, 7) is 5.11. The van der Waals surface area contributed by atoms with Gasteiger partial charge in [-0.05, 0) is 48.7 Å². The van der Waals surface area contributed by atoms with Gasteiger partial charge in [-0.1, -0.05) is 46.9 Å². The first-order valence-corrected chi connectivity index (χ1v) is 9.81. The molecule has 1 saturated heterocycles. The van der Waals surface area contributed by atoms with Gasteiger partial charge < -0.3 is 9.80 Å². The van der Waals surface area contributed by atoms with Gasteiger partial charge in [-0.3, -0.25) is 4.79 Å². The third-order valence-electron chi connectivity index (χ3n) is 4.79. The van der Waals surface area contributed by atoms with E-state index < -0.39 is 0 Å². The summed E-state index contributed by atoms with van der Waals surface area (Å²) in [5.74, 6) is 0.142. The van der Waals surface area contributed by atoms with Crippen LogP contribution in [0.1, 0.15) is 17.5 Å². The molecule has 1 aliphatic heterocycles. The summed E-state index contributed by atoms with van der Waals surface area (Å²) in [5.41, 5.74) is 3.19. The Morgan fingerprint density at radius 2 is 1.65 bits per heavy atom. The number of rotatable bonds is 4. The zero-order valence-corrected chi connectivity index (χ0v) is 16.9. The predicted octanol–water partition coefficient (Wildman–Crippen LogP) is 5.24. The summed E-state index contributed by atoms with van der Waals surface area (Å²) in [4.78, 5) is 16.8. The van der Waals surface area contributed by atoms with E-state index in [1.807, 2.05) is 29.2 Å².